The van der Waals surface area contributed by atoms with E-state index in [9.17, 15) is 9.79 Å². The van der Waals surface area contributed by atoms with Crippen molar-refractivity contribution in [2.75, 3.05) is 0 Å². The minimum atomic E-state index is -2.14. The van der Waals surface area contributed by atoms with Crippen molar-refractivity contribution in [2.24, 2.45) is 0 Å². The van der Waals surface area contributed by atoms with Crippen molar-refractivity contribution in [1.29, 1.82) is 0 Å². The Balaban J connectivity index is 0.000000317. The fourth-order valence-electron chi connectivity index (χ4n) is 6.32. The van der Waals surface area contributed by atoms with Gasteiger partial charge in [0.05, 0.1) is 0 Å². The molecule has 0 aliphatic rings. The lowest BCUT2D eigenvalue weighted by Gasteiger charge is -2.29. The van der Waals surface area contributed by atoms with Gasteiger partial charge in [-0.15, -0.1) is 0 Å². The van der Waals surface area contributed by atoms with E-state index in [0.717, 1.165) is 22.3 Å². The lowest BCUT2D eigenvalue weighted by atomic mass is 9.80. The molecule has 0 aromatic heterocycles. The van der Waals surface area contributed by atoms with Crippen LogP contribution >= 0.6 is 17.2 Å². The smallest absolute Gasteiger partial charge is 0.418 e. The van der Waals surface area contributed by atoms with Crippen LogP contribution in [0.25, 0.3) is 0 Å². The van der Waals surface area contributed by atoms with Crippen LogP contribution in [-0.2, 0) is 32.5 Å². The van der Waals surface area contributed by atoms with E-state index in [1.165, 1.54) is 22.3 Å². The molecular weight excluding hydrogens is 758 g/mol. The number of hydrogen-bond acceptors (Lipinski definition) is 6. The maximum absolute atomic E-state index is 10.8. The summed E-state index contributed by atoms with van der Waals surface area (Å²) in [6.45, 7) is 43.1. The molecule has 320 valence electrons. The first-order chi connectivity index (χ1) is 26.2. The summed E-state index contributed by atoms with van der Waals surface area (Å²) in [5.74, 6) is 2.67. The predicted molar refractivity (Wildman–Crippen MR) is 248 cm³/mol. The second kappa shape index (κ2) is 18.2. The predicted octanol–water partition coefficient (Wildman–Crippen LogP) is 15.1. The second-order valence-corrected chi connectivity index (χ2v) is 23.4. The molecule has 0 aliphatic heterocycles. The minimum absolute atomic E-state index is 0.0371. The monoisotopic (exact) mass is 832 g/mol. The highest BCUT2D eigenvalue weighted by atomic mass is 31.2. The molecular formula is C50H74O6P2. The first-order valence-corrected chi connectivity index (χ1v) is 22.7. The van der Waals surface area contributed by atoms with Crippen molar-refractivity contribution >= 4 is 17.2 Å². The largest absolute Gasteiger partial charge is 0.460 e. The van der Waals surface area contributed by atoms with Gasteiger partial charge in [-0.3, -0.25) is 0 Å². The quantitative estimate of drug-likeness (QED) is 0.172. The first kappa shape index (κ1) is 49.2. The Labute approximate surface area is 355 Å². The number of rotatable bonds is 8. The van der Waals surface area contributed by atoms with Crippen LogP contribution in [0.3, 0.4) is 0 Å². The summed E-state index contributed by atoms with van der Waals surface area (Å²) in [6.07, 6.45) is 0. The Kier molecular flexibility index (Phi) is 15.5. The third-order valence-electron chi connectivity index (χ3n) is 9.90. The van der Waals surface area contributed by atoms with Gasteiger partial charge in [0.25, 0.3) is 0 Å². The van der Waals surface area contributed by atoms with Crippen LogP contribution in [0.4, 0.5) is 0 Å². The highest BCUT2D eigenvalue weighted by molar-refractivity contribution is 7.41. The van der Waals surface area contributed by atoms with Crippen LogP contribution in [-0.4, -0.2) is 9.79 Å². The maximum Gasteiger partial charge on any atom is 0.460 e. The molecule has 6 nitrogen and oxygen atoms in total. The zero-order valence-corrected chi connectivity index (χ0v) is 41.1. The molecule has 4 aromatic carbocycles. The summed E-state index contributed by atoms with van der Waals surface area (Å²) >= 11 is 0. The average Bonchev–Trinajstić information content (AvgIpc) is 3.04. The van der Waals surface area contributed by atoms with Crippen molar-refractivity contribution < 1.29 is 27.9 Å². The number of benzene rings is 4. The van der Waals surface area contributed by atoms with Crippen molar-refractivity contribution in [3.8, 4) is 23.0 Å². The van der Waals surface area contributed by atoms with Gasteiger partial charge in [0, 0.05) is 22.3 Å². The molecule has 0 aliphatic carbocycles. The SMILES string of the molecule is CC(C)(C)c1ccc(OP(O)Oc2ccc(C(C)(C)C)cc2C(C)(C)C)c(C(C)(C)C)c1.Cc1ccc(OP(O)Oc2ccc(C)cc2C(C)(C)C)c(C(C)(C)C)c1. The van der Waals surface area contributed by atoms with Crippen molar-refractivity contribution in [3.63, 3.8) is 0 Å². The summed E-state index contributed by atoms with van der Waals surface area (Å²) in [5, 5.41) is 0. The minimum Gasteiger partial charge on any atom is -0.418 e. The Bertz CT molecular complexity index is 1850. The molecule has 8 heteroatoms. The molecule has 0 fully saturated rings. The van der Waals surface area contributed by atoms with Crippen LogP contribution in [0.15, 0.2) is 72.8 Å². The van der Waals surface area contributed by atoms with Crippen molar-refractivity contribution in [3.05, 3.63) is 117 Å². The molecule has 0 amide bonds. The van der Waals surface area contributed by atoms with Gasteiger partial charge in [-0.2, -0.15) is 0 Å². The van der Waals surface area contributed by atoms with E-state index < -0.39 is 17.2 Å². The molecule has 0 radical (unpaired) electrons. The number of hydrogen-bond donors (Lipinski definition) is 2. The third kappa shape index (κ3) is 14.0. The van der Waals surface area contributed by atoms with Gasteiger partial charge < -0.3 is 27.9 Å². The highest BCUT2D eigenvalue weighted by Gasteiger charge is 2.29. The van der Waals surface area contributed by atoms with Gasteiger partial charge in [0.1, 0.15) is 23.0 Å². The van der Waals surface area contributed by atoms with Crippen LogP contribution in [0, 0.1) is 13.8 Å². The zero-order valence-electron chi connectivity index (χ0n) is 39.4. The average molecular weight is 833 g/mol. The molecule has 4 rings (SSSR count). The van der Waals surface area contributed by atoms with Crippen LogP contribution < -0.4 is 18.1 Å². The van der Waals surface area contributed by atoms with Crippen molar-refractivity contribution in [2.45, 2.75) is 171 Å². The van der Waals surface area contributed by atoms with E-state index in [4.69, 9.17) is 18.1 Å². The Hall–Kier alpha value is -3.14. The lowest BCUT2D eigenvalue weighted by Crippen LogP contribution is -2.18. The van der Waals surface area contributed by atoms with Crippen LogP contribution in [0.5, 0.6) is 23.0 Å². The van der Waals surface area contributed by atoms with Crippen LogP contribution in [0.1, 0.15) is 169 Å². The molecule has 0 bridgehead atoms. The Morgan fingerprint density at radius 3 is 0.776 bits per heavy atom. The van der Waals surface area contributed by atoms with Crippen molar-refractivity contribution in [1.82, 2.24) is 0 Å². The molecule has 2 N–H and O–H groups in total. The molecule has 0 saturated carbocycles. The summed E-state index contributed by atoms with van der Waals surface area (Å²) in [7, 11) is -4.21. The highest BCUT2D eigenvalue weighted by Crippen LogP contribution is 2.47. The molecule has 4 aromatic rings. The zero-order chi connectivity index (χ0) is 44.4. The van der Waals surface area contributed by atoms with Gasteiger partial charge in [-0.1, -0.05) is 184 Å². The van der Waals surface area contributed by atoms with E-state index in [2.05, 4.69) is 175 Å². The fraction of sp³-hybridized carbons (Fsp3) is 0.520. The Morgan fingerprint density at radius 1 is 0.328 bits per heavy atom. The first-order valence-electron chi connectivity index (χ1n) is 20.4. The summed E-state index contributed by atoms with van der Waals surface area (Å²) in [6, 6.07) is 24.5. The fourth-order valence-corrected chi connectivity index (χ4v) is 7.70. The lowest BCUT2D eigenvalue weighted by molar-refractivity contribution is 0.369. The topological polar surface area (TPSA) is 77.4 Å². The molecule has 58 heavy (non-hydrogen) atoms. The molecule has 0 spiro atoms. The molecule has 0 saturated heterocycles. The van der Waals surface area contributed by atoms with E-state index in [0.29, 0.717) is 23.0 Å². The normalized spacial score (nSPS) is 13.0. The standard InChI is InChI=1S/C28H43O3P.C22H31O3P/c1-25(2,3)19-13-15-23(21(17-19)27(7,8)9)30-32(29)31-24-16-14-20(26(4,5)6)18-22(24)28(10,11)12;1-15-9-11-19(17(13-15)21(3,4)5)24-26(23)25-20-12-10-16(2)14-18(20)22(6,7)8/h13-18,29H,1-12H3;9-14,23H,1-8H3. The van der Waals surface area contributed by atoms with Crippen LogP contribution in [0.2, 0.25) is 0 Å². The summed E-state index contributed by atoms with van der Waals surface area (Å²) in [5.41, 5.74) is 8.71. The number of aryl methyl sites for hydroxylation is 2. The van der Waals surface area contributed by atoms with Gasteiger partial charge >= 0.3 is 17.2 Å². The van der Waals surface area contributed by atoms with E-state index in [-0.39, 0.29) is 32.5 Å². The van der Waals surface area contributed by atoms with E-state index in [1.54, 1.807) is 0 Å². The van der Waals surface area contributed by atoms with E-state index >= 15 is 0 Å². The molecule has 0 heterocycles. The molecule has 0 unspecified atom stereocenters. The van der Waals surface area contributed by atoms with E-state index in [1.807, 2.05) is 36.4 Å². The van der Waals surface area contributed by atoms with Gasteiger partial charge in [-0.25, -0.2) is 0 Å². The molecule has 0 atom stereocenters. The Morgan fingerprint density at radius 2 is 0.552 bits per heavy atom. The maximum atomic E-state index is 10.8. The summed E-state index contributed by atoms with van der Waals surface area (Å²) in [4.78, 5) is 21.3. The third-order valence-corrected chi connectivity index (χ3v) is 11.3. The second-order valence-electron chi connectivity index (χ2n) is 21.8. The summed E-state index contributed by atoms with van der Waals surface area (Å²) < 4.78 is 23.7. The van der Waals surface area contributed by atoms with Gasteiger partial charge in [0.2, 0.25) is 0 Å². The van der Waals surface area contributed by atoms with Gasteiger partial charge in [0.15, 0.2) is 0 Å². The van der Waals surface area contributed by atoms with Gasteiger partial charge in [-0.05, 0) is 81.7 Å².